The maximum atomic E-state index is 4.66. The zero-order valence-corrected chi connectivity index (χ0v) is 13.2. The lowest BCUT2D eigenvalue weighted by Crippen LogP contribution is -2.03. The molecule has 1 aliphatic carbocycles. The Hall–Kier alpha value is -1.17. The molecule has 98 valence electrons. The van der Waals surface area contributed by atoms with Crippen LogP contribution in [0.25, 0.3) is 11.4 Å². The number of anilines is 1. The highest BCUT2D eigenvalue weighted by Crippen LogP contribution is 2.43. The van der Waals surface area contributed by atoms with Gasteiger partial charge in [-0.05, 0) is 53.8 Å². The first-order chi connectivity index (χ1) is 9.20. The molecule has 0 unspecified atom stereocenters. The summed E-state index contributed by atoms with van der Waals surface area (Å²) in [4.78, 5) is 9.33. The SMILES string of the molecule is CNc1nc(-c2ccccc2C2CC2)nc(C)c1I. The minimum absolute atomic E-state index is 0.706. The van der Waals surface area contributed by atoms with Gasteiger partial charge in [-0.3, -0.25) is 0 Å². The number of nitrogens with one attached hydrogen (secondary N) is 1. The summed E-state index contributed by atoms with van der Waals surface area (Å²) in [5.74, 6) is 2.45. The summed E-state index contributed by atoms with van der Waals surface area (Å²) >= 11 is 2.29. The number of aromatic nitrogens is 2. The van der Waals surface area contributed by atoms with Crippen molar-refractivity contribution >= 4 is 28.4 Å². The van der Waals surface area contributed by atoms with Crippen molar-refractivity contribution in [1.29, 1.82) is 0 Å². The van der Waals surface area contributed by atoms with Crippen LogP contribution in [0.5, 0.6) is 0 Å². The number of rotatable bonds is 3. The lowest BCUT2D eigenvalue weighted by atomic mass is 10.0. The summed E-state index contributed by atoms with van der Waals surface area (Å²) in [7, 11) is 1.90. The predicted molar refractivity (Wildman–Crippen MR) is 86.4 cm³/mol. The molecule has 0 saturated heterocycles. The van der Waals surface area contributed by atoms with Crippen molar-refractivity contribution in [1.82, 2.24) is 9.97 Å². The van der Waals surface area contributed by atoms with E-state index in [1.165, 1.54) is 24.0 Å². The molecule has 0 bridgehead atoms. The second-order valence-electron chi connectivity index (χ2n) is 4.91. The van der Waals surface area contributed by atoms with Crippen LogP contribution in [-0.2, 0) is 0 Å². The Kier molecular flexibility index (Phi) is 3.43. The molecule has 0 amide bonds. The summed E-state index contributed by atoms with van der Waals surface area (Å²) in [6.07, 6.45) is 2.58. The quantitative estimate of drug-likeness (QED) is 0.837. The lowest BCUT2D eigenvalue weighted by molar-refractivity contribution is 1.06. The Morgan fingerprint density at radius 2 is 1.95 bits per heavy atom. The van der Waals surface area contributed by atoms with Gasteiger partial charge in [-0.25, -0.2) is 9.97 Å². The van der Waals surface area contributed by atoms with Gasteiger partial charge in [0.25, 0.3) is 0 Å². The number of benzene rings is 1. The zero-order valence-electron chi connectivity index (χ0n) is 11.1. The number of nitrogens with zero attached hydrogens (tertiary/aromatic N) is 2. The molecule has 1 aliphatic rings. The molecule has 0 aliphatic heterocycles. The Morgan fingerprint density at radius 1 is 1.21 bits per heavy atom. The Labute approximate surface area is 127 Å². The van der Waals surface area contributed by atoms with Crippen LogP contribution in [0.1, 0.15) is 30.0 Å². The highest BCUT2D eigenvalue weighted by Gasteiger charge is 2.27. The smallest absolute Gasteiger partial charge is 0.162 e. The molecule has 1 fully saturated rings. The third kappa shape index (κ3) is 2.45. The molecule has 0 radical (unpaired) electrons. The van der Waals surface area contributed by atoms with E-state index < -0.39 is 0 Å². The second kappa shape index (κ2) is 5.07. The third-order valence-electron chi connectivity index (χ3n) is 3.47. The van der Waals surface area contributed by atoms with Crippen LogP contribution >= 0.6 is 22.6 Å². The molecule has 19 heavy (non-hydrogen) atoms. The van der Waals surface area contributed by atoms with E-state index in [0.29, 0.717) is 5.92 Å². The molecule has 3 rings (SSSR count). The second-order valence-corrected chi connectivity index (χ2v) is 5.99. The van der Waals surface area contributed by atoms with E-state index in [-0.39, 0.29) is 0 Å². The van der Waals surface area contributed by atoms with Gasteiger partial charge in [0.05, 0.1) is 9.26 Å². The van der Waals surface area contributed by atoms with Crippen molar-refractivity contribution < 1.29 is 0 Å². The van der Waals surface area contributed by atoms with Crippen molar-refractivity contribution in [3.05, 3.63) is 39.1 Å². The van der Waals surface area contributed by atoms with E-state index in [1.54, 1.807) is 0 Å². The molecule has 3 nitrogen and oxygen atoms in total. The van der Waals surface area contributed by atoms with Crippen molar-refractivity contribution in [3.63, 3.8) is 0 Å². The molecular weight excluding hydrogens is 349 g/mol. The average molecular weight is 365 g/mol. The summed E-state index contributed by atoms with van der Waals surface area (Å²) in [5, 5.41) is 3.15. The van der Waals surface area contributed by atoms with Crippen LogP contribution in [0, 0.1) is 10.5 Å². The fourth-order valence-electron chi connectivity index (χ4n) is 2.30. The Balaban J connectivity index is 2.14. The van der Waals surface area contributed by atoms with Gasteiger partial charge in [-0.15, -0.1) is 0 Å². The van der Waals surface area contributed by atoms with Gasteiger partial charge in [0.15, 0.2) is 5.82 Å². The van der Waals surface area contributed by atoms with E-state index in [4.69, 9.17) is 0 Å². The van der Waals surface area contributed by atoms with Gasteiger partial charge in [-0.1, -0.05) is 24.3 Å². The minimum atomic E-state index is 0.706. The highest BCUT2D eigenvalue weighted by molar-refractivity contribution is 14.1. The molecule has 4 heteroatoms. The van der Waals surface area contributed by atoms with Gasteiger partial charge < -0.3 is 5.32 Å². The van der Waals surface area contributed by atoms with E-state index in [9.17, 15) is 0 Å². The van der Waals surface area contributed by atoms with Crippen LogP contribution in [0.3, 0.4) is 0 Å². The summed E-state index contributed by atoms with van der Waals surface area (Å²) in [6.45, 7) is 2.04. The zero-order chi connectivity index (χ0) is 13.4. The monoisotopic (exact) mass is 365 g/mol. The number of halogens is 1. The summed E-state index contributed by atoms with van der Waals surface area (Å²) in [5.41, 5.74) is 3.60. The standard InChI is InChI=1S/C15H16IN3/c1-9-13(16)15(17-2)19-14(18-9)12-6-4-3-5-11(12)10-7-8-10/h3-6,10H,7-8H2,1-2H3,(H,17,18,19). The number of aryl methyl sites for hydroxylation is 1. The van der Waals surface area contributed by atoms with Crippen LogP contribution in [0.4, 0.5) is 5.82 Å². The number of hydrogen-bond donors (Lipinski definition) is 1. The van der Waals surface area contributed by atoms with E-state index >= 15 is 0 Å². The molecule has 1 aromatic heterocycles. The molecule has 1 N–H and O–H groups in total. The molecule has 2 aromatic rings. The van der Waals surface area contributed by atoms with Crippen molar-refractivity contribution in [2.75, 3.05) is 12.4 Å². The van der Waals surface area contributed by atoms with Crippen molar-refractivity contribution in [2.24, 2.45) is 0 Å². The fraction of sp³-hybridized carbons (Fsp3) is 0.333. The molecule has 0 spiro atoms. The molecule has 1 saturated carbocycles. The van der Waals surface area contributed by atoms with Gasteiger partial charge in [-0.2, -0.15) is 0 Å². The van der Waals surface area contributed by atoms with Crippen LogP contribution in [-0.4, -0.2) is 17.0 Å². The van der Waals surface area contributed by atoms with E-state index in [2.05, 4.69) is 62.1 Å². The molecule has 1 aromatic carbocycles. The summed E-state index contributed by atoms with van der Waals surface area (Å²) in [6, 6.07) is 8.52. The summed E-state index contributed by atoms with van der Waals surface area (Å²) < 4.78 is 1.09. The first kappa shape index (κ1) is 12.8. The van der Waals surface area contributed by atoms with Crippen LogP contribution in [0.2, 0.25) is 0 Å². The third-order valence-corrected chi connectivity index (χ3v) is 4.76. The predicted octanol–water partition coefficient (Wildman–Crippen LogP) is 3.98. The van der Waals surface area contributed by atoms with E-state index in [1.807, 2.05) is 14.0 Å². The maximum absolute atomic E-state index is 4.66. The lowest BCUT2D eigenvalue weighted by Gasteiger charge is -2.11. The highest BCUT2D eigenvalue weighted by atomic mass is 127. The first-order valence-corrected chi connectivity index (χ1v) is 7.59. The largest absolute Gasteiger partial charge is 0.372 e. The first-order valence-electron chi connectivity index (χ1n) is 6.52. The van der Waals surface area contributed by atoms with Crippen molar-refractivity contribution in [2.45, 2.75) is 25.7 Å². The normalized spacial score (nSPS) is 14.5. The number of hydrogen-bond acceptors (Lipinski definition) is 3. The minimum Gasteiger partial charge on any atom is -0.372 e. The van der Waals surface area contributed by atoms with E-state index in [0.717, 1.165) is 20.9 Å². The van der Waals surface area contributed by atoms with Crippen LogP contribution < -0.4 is 5.32 Å². The molecular formula is C15H16IN3. The van der Waals surface area contributed by atoms with Crippen molar-refractivity contribution in [3.8, 4) is 11.4 Å². The average Bonchev–Trinajstić information content (AvgIpc) is 3.26. The van der Waals surface area contributed by atoms with Gasteiger partial charge >= 0.3 is 0 Å². The Morgan fingerprint density at radius 3 is 2.63 bits per heavy atom. The Bertz CT molecular complexity index is 621. The van der Waals surface area contributed by atoms with Gasteiger partial charge in [0, 0.05) is 12.6 Å². The van der Waals surface area contributed by atoms with Gasteiger partial charge in [0.2, 0.25) is 0 Å². The molecule has 0 atom stereocenters. The topological polar surface area (TPSA) is 37.8 Å². The fourth-order valence-corrected chi connectivity index (χ4v) is 2.81. The maximum Gasteiger partial charge on any atom is 0.162 e. The van der Waals surface area contributed by atoms with Crippen LogP contribution in [0.15, 0.2) is 24.3 Å². The molecule has 1 heterocycles. The van der Waals surface area contributed by atoms with Gasteiger partial charge in [0.1, 0.15) is 5.82 Å².